The predicted molar refractivity (Wildman–Crippen MR) is 85.4 cm³/mol. The maximum atomic E-state index is 11.5. The molecule has 1 aromatic rings. The molecule has 20 heavy (non-hydrogen) atoms. The Bertz CT molecular complexity index is 517. The number of nitrogens with one attached hydrogen (secondary N) is 2. The largest absolute Gasteiger partial charge is 0.382 e. The number of rotatable bonds is 2. The minimum Gasteiger partial charge on any atom is -0.382 e. The summed E-state index contributed by atoms with van der Waals surface area (Å²) in [6.45, 7) is 4.68. The van der Waals surface area contributed by atoms with Crippen molar-refractivity contribution in [3.63, 3.8) is 0 Å². The van der Waals surface area contributed by atoms with E-state index in [0.717, 1.165) is 17.3 Å². The Morgan fingerprint density at radius 1 is 1.30 bits per heavy atom. The van der Waals surface area contributed by atoms with Gasteiger partial charge in [0, 0.05) is 16.6 Å². The molecule has 2 aliphatic rings. The van der Waals surface area contributed by atoms with Gasteiger partial charge >= 0.3 is 0 Å². The molecule has 1 aromatic carbocycles. The molecule has 0 radical (unpaired) electrons. The van der Waals surface area contributed by atoms with E-state index < -0.39 is 0 Å². The summed E-state index contributed by atoms with van der Waals surface area (Å²) in [6.07, 6.45) is 3.84. The Balaban J connectivity index is 1.72. The highest BCUT2D eigenvalue weighted by Gasteiger charge is 2.25. The smallest absolute Gasteiger partial charge is 0.234 e. The zero-order valence-electron chi connectivity index (χ0n) is 12.1. The first-order valence-corrected chi connectivity index (χ1v) is 8.43. The molecule has 1 aliphatic carbocycles. The molecule has 0 aromatic heterocycles. The van der Waals surface area contributed by atoms with Crippen molar-refractivity contribution in [1.82, 2.24) is 0 Å². The van der Waals surface area contributed by atoms with Gasteiger partial charge in [-0.05, 0) is 49.3 Å². The average Bonchev–Trinajstić information content (AvgIpc) is 2.41. The van der Waals surface area contributed by atoms with E-state index in [1.54, 1.807) is 11.8 Å². The van der Waals surface area contributed by atoms with Crippen molar-refractivity contribution in [2.45, 2.75) is 44.0 Å². The van der Waals surface area contributed by atoms with E-state index in [-0.39, 0.29) is 5.91 Å². The molecule has 0 saturated heterocycles. The number of benzene rings is 1. The normalized spacial score (nSPS) is 29.5. The molecule has 1 aliphatic heterocycles. The number of carbonyl (C=O) groups is 1. The monoisotopic (exact) mass is 290 g/mol. The number of amides is 1. The van der Waals surface area contributed by atoms with E-state index in [1.165, 1.54) is 24.2 Å². The highest BCUT2D eigenvalue weighted by molar-refractivity contribution is 8.00. The summed E-state index contributed by atoms with van der Waals surface area (Å²) >= 11 is 1.61. The van der Waals surface area contributed by atoms with Gasteiger partial charge in [0.15, 0.2) is 0 Å². The van der Waals surface area contributed by atoms with Crippen LogP contribution in [0.2, 0.25) is 0 Å². The fourth-order valence-electron chi connectivity index (χ4n) is 3.27. The first kappa shape index (κ1) is 13.8. The molecule has 108 valence electrons. The molecule has 2 N–H and O–H groups in total. The van der Waals surface area contributed by atoms with Gasteiger partial charge in [-0.15, -0.1) is 11.8 Å². The Labute approximate surface area is 124 Å². The first-order valence-electron chi connectivity index (χ1n) is 7.45. The Kier molecular flexibility index (Phi) is 3.92. The quantitative estimate of drug-likeness (QED) is 0.866. The Morgan fingerprint density at radius 3 is 2.95 bits per heavy atom. The second-order valence-corrected chi connectivity index (χ2v) is 7.21. The summed E-state index contributed by atoms with van der Waals surface area (Å²) in [5.74, 6) is 2.18. The molecular formula is C16H22N2OS. The summed E-state index contributed by atoms with van der Waals surface area (Å²) in [4.78, 5) is 12.6. The number of fused-ring (bicyclic) bond motifs is 1. The SMILES string of the molecule is CC1CCC(Nc2ccc3c(c2)NC(=O)CS3)C(C)C1. The average molecular weight is 290 g/mol. The van der Waals surface area contributed by atoms with Crippen LogP contribution < -0.4 is 10.6 Å². The number of hydrogen-bond donors (Lipinski definition) is 2. The Morgan fingerprint density at radius 2 is 2.15 bits per heavy atom. The maximum absolute atomic E-state index is 11.5. The predicted octanol–water partition coefficient (Wildman–Crippen LogP) is 3.97. The van der Waals surface area contributed by atoms with E-state index in [4.69, 9.17) is 0 Å². The van der Waals surface area contributed by atoms with Gasteiger partial charge < -0.3 is 10.6 Å². The van der Waals surface area contributed by atoms with Gasteiger partial charge in [0.05, 0.1) is 11.4 Å². The maximum Gasteiger partial charge on any atom is 0.234 e. The summed E-state index contributed by atoms with van der Waals surface area (Å²) in [5.41, 5.74) is 2.08. The van der Waals surface area contributed by atoms with Crippen LogP contribution in [0.3, 0.4) is 0 Å². The minimum atomic E-state index is 0.0968. The molecular weight excluding hydrogens is 268 g/mol. The highest BCUT2D eigenvalue weighted by atomic mass is 32.2. The zero-order valence-corrected chi connectivity index (χ0v) is 12.9. The third-order valence-electron chi connectivity index (χ3n) is 4.40. The van der Waals surface area contributed by atoms with Gasteiger partial charge in [-0.25, -0.2) is 0 Å². The van der Waals surface area contributed by atoms with Crippen molar-refractivity contribution < 1.29 is 4.79 Å². The molecule has 3 atom stereocenters. The highest BCUT2D eigenvalue weighted by Crippen LogP contribution is 2.35. The van der Waals surface area contributed by atoms with E-state index in [0.29, 0.717) is 17.7 Å². The summed E-state index contributed by atoms with van der Waals surface area (Å²) < 4.78 is 0. The van der Waals surface area contributed by atoms with Crippen LogP contribution >= 0.6 is 11.8 Å². The van der Waals surface area contributed by atoms with Crippen molar-refractivity contribution in [3.05, 3.63) is 18.2 Å². The van der Waals surface area contributed by atoms with Gasteiger partial charge in [0.1, 0.15) is 0 Å². The molecule has 1 heterocycles. The van der Waals surface area contributed by atoms with Crippen LogP contribution in [0.4, 0.5) is 11.4 Å². The second kappa shape index (κ2) is 5.68. The van der Waals surface area contributed by atoms with Gasteiger partial charge in [0.25, 0.3) is 0 Å². The molecule has 1 amide bonds. The van der Waals surface area contributed by atoms with Crippen LogP contribution in [0, 0.1) is 11.8 Å². The topological polar surface area (TPSA) is 41.1 Å². The van der Waals surface area contributed by atoms with Crippen molar-refractivity contribution >= 4 is 29.0 Å². The van der Waals surface area contributed by atoms with Gasteiger partial charge in [0.2, 0.25) is 5.91 Å². The molecule has 0 bridgehead atoms. The van der Waals surface area contributed by atoms with Crippen LogP contribution in [-0.4, -0.2) is 17.7 Å². The van der Waals surface area contributed by atoms with Gasteiger partial charge in [-0.2, -0.15) is 0 Å². The molecule has 0 spiro atoms. The number of carbonyl (C=O) groups excluding carboxylic acids is 1. The van der Waals surface area contributed by atoms with Crippen LogP contribution in [0.5, 0.6) is 0 Å². The van der Waals surface area contributed by atoms with Crippen molar-refractivity contribution in [2.75, 3.05) is 16.4 Å². The lowest BCUT2D eigenvalue weighted by atomic mass is 9.80. The lowest BCUT2D eigenvalue weighted by molar-refractivity contribution is -0.113. The molecule has 3 rings (SSSR count). The van der Waals surface area contributed by atoms with E-state index in [1.807, 2.05) is 0 Å². The molecule has 4 heteroatoms. The Hall–Kier alpha value is -1.16. The molecule has 1 saturated carbocycles. The second-order valence-electron chi connectivity index (χ2n) is 6.19. The van der Waals surface area contributed by atoms with Crippen molar-refractivity contribution in [1.29, 1.82) is 0 Å². The van der Waals surface area contributed by atoms with E-state index in [2.05, 4.69) is 42.7 Å². The number of anilines is 2. The van der Waals surface area contributed by atoms with Gasteiger partial charge in [-0.3, -0.25) is 4.79 Å². The fraction of sp³-hybridized carbons (Fsp3) is 0.562. The van der Waals surface area contributed by atoms with Crippen LogP contribution in [0.25, 0.3) is 0 Å². The molecule has 3 unspecified atom stereocenters. The van der Waals surface area contributed by atoms with Crippen LogP contribution in [-0.2, 0) is 4.79 Å². The zero-order chi connectivity index (χ0) is 14.1. The number of hydrogen-bond acceptors (Lipinski definition) is 3. The van der Waals surface area contributed by atoms with E-state index >= 15 is 0 Å². The molecule has 1 fully saturated rings. The third-order valence-corrected chi connectivity index (χ3v) is 5.47. The van der Waals surface area contributed by atoms with Crippen molar-refractivity contribution in [2.24, 2.45) is 11.8 Å². The summed E-state index contributed by atoms with van der Waals surface area (Å²) in [5, 5.41) is 6.61. The van der Waals surface area contributed by atoms with Crippen LogP contribution in [0.15, 0.2) is 23.1 Å². The van der Waals surface area contributed by atoms with Crippen molar-refractivity contribution in [3.8, 4) is 0 Å². The standard InChI is InChI=1S/C16H22N2OS/c1-10-3-5-13(11(2)7-10)17-12-4-6-15-14(8-12)18-16(19)9-20-15/h4,6,8,10-11,13,17H,3,5,7,9H2,1-2H3,(H,18,19). The molecule has 3 nitrogen and oxygen atoms in total. The van der Waals surface area contributed by atoms with E-state index in [9.17, 15) is 4.79 Å². The number of thioether (sulfide) groups is 1. The van der Waals surface area contributed by atoms with Gasteiger partial charge in [-0.1, -0.05) is 13.8 Å². The minimum absolute atomic E-state index is 0.0968. The summed E-state index contributed by atoms with van der Waals surface area (Å²) in [6, 6.07) is 6.87. The lowest BCUT2D eigenvalue weighted by Gasteiger charge is -2.34. The third kappa shape index (κ3) is 2.95. The summed E-state index contributed by atoms with van der Waals surface area (Å²) in [7, 11) is 0. The fourth-order valence-corrected chi connectivity index (χ4v) is 4.06. The first-order chi connectivity index (χ1) is 9.61. The van der Waals surface area contributed by atoms with Crippen LogP contribution in [0.1, 0.15) is 33.1 Å². The lowest BCUT2D eigenvalue weighted by Crippen LogP contribution is -2.33.